The molecule has 0 bridgehead atoms. The lowest BCUT2D eigenvalue weighted by atomic mass is 10.2. The van der Waals surface area contributed by atoms with Crippen molar-refractivity contribution in [1.82, 2.24) is 4.72 Å². The lowest BCUT2D eigenvalue weighted by Crippen LogP contribution is -2.41. The number of carboxylic acids is 2. The summed E-state index contributed by atoms with van der Waals surface area (Å²) in [6, 6.07) is 1.02. The van der Waals surface area contributed by atoms with Gasteiger partial charge in [-0.25, -0.2) is 8.42 Å². The molecule has 0 amide bonds. The van der Waals surface area contributed by atoms with Gasteiger partial charge in [-0.3, -0.25) is 9.59 Å². The third-order valence-electron chi connectivity index (χ3n) is 3.06. The first-order valence-electron chi connectivity index (χ1n) is 6.98. The van der Waals surface area contributed by atoms with E-state index >= 15 is 0 Å². The summed E-state index contributed by atoms with van der Waals surface area (Å²) in [7, 11) is -4.28. The quantitative estimate of drug-likeness (QED) is 0.594. The molecule has 1 aromatic rings. The monoisotopic (exact) mass is 379 g/mol. The largest absolute Gasteiger partial charge is 0.492 e. The maximum atomic E-state index is 12.5. The summed E-state index contributed by atoms with van der Waals surface area (Å²) >= 11 is 5.95. The summed E-state index contributed by atoms with van der Waals surface area (Å²) in [4.78, 5) is 21.4. The SMILES string of the molecule is CCOc1cc(C)c(Cl)cc1S(=O)(=O)N[C@@H](CCC(=O)O)C(=O)O. The van der Waals surface area contributed by atoms with Gasteiger partial charge in [-0.05, 0) is 38.0 Å². The molecule has 0 heterocycles. The Morgan fingerprint density at radius 1 is 1.33 bits per heavy atom. The van der Waals surface area contributed by atoms with E-state index in [1.165, 1.54) is 12.1 Å². The summed E-state index contributed by atoms with van der Waals surface area (Å²) in [5, 5.41) is 17.9. The molecule has 0 radical (unpaired) electrons. The van der Waals surface area contributed by atoms with E-state index in [4.69, 9.17) is 26.6 Å². The van der Waals surface area contributed by atoms with E-state index in [1.54, 1.807) is 13.8 Å². The van der Waals surface area contributed by atoms with Crippen LogP contribution in [0.4, 0.5) is 0 Å². The first kappa shape index (κ1) is 20.2. The second-order valence-electron chi connectivity index (χ2n) is 4.93. The number of ether oxygens (including phenoxy) is 1. The predicted molar refractivity (Wildman–Crippen MR) is 86.0 cm³/mol. The van der Waals surface area contributed by atoms with Crippen LogP contribution in [0.25, 0.3) is 0 Å². The van der Waals surface area contributed by atoms with Crippen LogP contribution in [0.5, 0.6) is 5.75 Å². The van der Waals surface area contributed by atoms with Crippen molar-refractivity contribution in [3.05, 3.63) is 22.7 Å². The molecule has 0 saturated carbocycles. The molecule has 0 aromatic heterocycles. The molecule has 24 heavy (non-hydrogen) atoms. The topological polar surface area (TPSA) is 130 Å². The Morgan fingerprint density at radius 2 is 1.96 bits per heavy atom. The molecule has 0 saturated heterocycles. The van der Waals surface area contributed by atoms with Crippen molar-refractivity contribution < 1.29 is 33.0 Å². The third-order valence-corrected chi connectivity index (χ3v) is 4.96. The van der Waals surface area contributed by atoms with Crippen molar-refractivity contribution in [3.63, 3.8) is 0 Å². The fourth-order valence-electron chi connectivity index (χ4n) is 1.87. The number of aryl methyl sites for hydroxylation is 1. The summed E-state index contributed by atoms with van der Waals surface area (Å²) in [5.41, 5.74) is 0.597. The number of nitrogens with one attached hydrogen (secondary N) is 1. The van der Waals surface area contributed by atoms with E-state index in [9.17, 15) is 18.0 Å². The zero-order valence-electron chi connectivity index (χ0n) is 13.1. The maximum absolute atomic E-state index is 12.5. The van der Waals surface area contributed by atoms with Crippen LogP contribution in [-0.2, 0) is 19.6 Å². The fourth-order valence-corrected chi connectivity index (χ4v) is 3.47. The predicted octanol–water partition coefficient (Wildman–Crippen LogP) is 1.64. The average molecular weight is 380 g/mol. The summed E-state index contributed by atoms with van der Waals surface area (Å²) in [5.74, 6) is -2.67. The van der Waals surface area contributed by atoms with E-state index in [2.05, 4.69) is 0 Å². The lowest BCUT2D eigenvalue weighted by molar-refractivity contribution is -0.140. The van der Waals surface area contributed by atoms with Gasteiger partial charge in [-0.1, -0.05) is 11.6 Å². The molecule has 1 atom stereocenters. The van der Waals surface area contributed by atoms with E-state index in [0.717, 1.165) is 0 Å². The number of carbonyl (C=O) groups is 2. The van der Waals surface area contributed by atoms with Gasteiger partial charge in [0.1, 0.15) is 16.7 Å². The van der Waals surface area contributed by atoms with Crippen molar-refractivity contribution in [3.8, 4) is 5.75 Å². The normalized spacial score (nSPS) is 12.6. The van der Waals surface area contributed by atoms with Crippen LogP contribution in [0.1, 0.15) is 25.3 Å². The van der Waals surface area contributed by atoms with Gasteiger partial charge in [0.2, 0.25) is 10.0 Å². The molecule has 1 aromatic carbocycles. The van der Waals surface area contributed by atoms with Gasteiger partial charge < -0.3 is 14.9 Å². The molecule has 10 heteroatoms. The van der Waals surface area contributed by atoms with Crippen LogP contribution in [-0.4, -0.2) is 43.2 Å². The molecule has 0 fully saturated rings. The standard InChI is InChI=1S/C14H18ClNO7S/c1-3-23-11-6-8(2)9(15)7-12(11)24(21,22)16-10(14(19)20)4-5-13(17)18/h6-7,10,16H,3-5H2,1-2H3,(H,17,18)(H,19,20)/t10-/m0/s1. The molecule has 0 spiro atoms. The number of hydrogen-bond donors (Lipinski definition) is 3. The number of sulfonamides is 1. The molecule has 0 unspecified atom stereocenters. The van der Waals surface area contributed by atoms with Crippen molar-refractivity contribution in [1.29, 1.82) is 0 Å². The first-order valence-corrected chi connectivity index (χ1v) is 8.84. The van der Waals surface area contributed by atoms with Crippen LogP contribution < -0.4 is 9.46 Å². The van der Waals surface area contributed by atoms with Crippen LogP contribution in [0.2, 0.25) is 5.02 Å². The number of hydrogen-bond acceptors (Lipinski definition) is 5. The smallest absolute Gasteiger partial charge is 0.321 e. The molecule has 3 N–H and O–H groups in total. The van der Waals surface area contributed by atoms with Gasteiger partial charge in [0.05, 0.1) is 6.61 Å². The number of aliphatic carboxylic acids is 2. The Morgan fingerprint density at radius 3 is 2.46 bits per heavy atom. The Labute approximate surface area is 144 Å². The Bertz CT molecular complexity index is 733. The van der Waals surface area contributed by atoms with E-state index in [-0.39, 0.29) is 22.3 Å². The molecular formula is C14H18ClNO7S. The molecular weight excluding hydrogens is 362 g/mol. The second-order valence-corrected chi connectivity index (χ2v) is 7.02. The van der Waals surface area contributed by atoms with Gasteiger partial charge >= 0.3 is 11.9 Å². The molecule has 0 aliphatic carbocycles. The Balaban J connectivity index is 3.20. The van der Waals surface area contributed by atoms with Gasteiger partial charge in [-0.15, -0.1) is 0 Å². The Kier molecular flexibility index (Phi) is 7.00. The fraction of sp³-hybridized carbons (Fsp3) is 0.429. The van der Waals surface area contributed by atoms with Crippen LogP contribution >= 0.6 is 11.6 Å². The van der Waals surface area contributed by atoms with Crippen LogP contribution in [0.3, 0.4) is 0 Å². The molecule has 0 aliphatic rings. The Hall–Kier alpha value is -1.84. The average Bonchev–Trinajstić information content (AvgIpc) is 2.46. The van der Waals surface area contributed by atoms with Gasteiger partial charge in [0.15, 0.2) is 0 Å². The number of benzene rings is 1. The number of rotatable bonds is 9. The maximum Gasteiger partial charge on any atom is 0.321 e. The molecule has 8 nitrogen and oxygen atoms in total. The van der Waals surface area contributed by atoms with E-state index < -0.39 is 40.8 Å². The summed E-state index contributed by atoms with van der Waals surface area (Å²) in [6.07, 6.45) is -0.889. The number of carboxylic acid groups (broad SMARTS) is 2. The van der Waals surface area contributed by atoms with Crippen molar-refractivity contribution in [2.45, 2.75) is 37.6 Å². The van der Waals surface area contributed by atoms with Gasteiger partial charge in [0.25, 0.3) is 0 Å². The number of halogens is 1. The first-order chi connectivity index (χ1) is 11.1. The highest BCUT2D eigenvalue weighted by molar-refractivity contribution is 7.89. The highest BCUT2D eigenvalue weighted by Crippen LogP contribution is 2.30. The summed E-state index contributed by atoms with van der Waals surface area (Å²) < 4.78 is 32.2. The third kappa shape index (κ3) is 5.36. The minimum Gasteiger partial charge on any atom is -0.492 e. The highest BCUT2D eigenvalue weighted by Gasteiger charge is 2.28. The van der Waals surface area contributed by atoms with Crippen LogP contribution in [0.15, 0.2) is 17.0 Å². The highest BCUT2D eigenvalue weighted by atomic mass is 35.5. The summed E-state index contributed by atoms with van der Waals surface area (Å²) in [6.45, 7) is 3.53. The zero-order chi connectivity index (χ0) is 18.5. The zero-order valence-corrected chi connectivity index (χ0v) is 14.6. The van der Waals surface area contributed by atoms with E-state index in [1.807, 2.05) is 4.72 Å². The van der Waals surface area contributed by atoms with E-state index in [0.29, 0.717) is 5.56 Å². The van der Waals surface area contributed by atoms with Crippen molar-refractivity contribution in [2.24, 2.45) is 0 Å². The van der Waals surface area contributed by atoms with Crippen molar-refractivity contribution in [2.75, 3.05) is 6.61 Å². The van der Waals surface area contributed by atoms with Crippen LogP contribution in [0, 0.1) is 6.92 Å². The molecule has 1 rings (SSSR count). The second kappa shape index (κ2) is 8.32. The minimum atomic E-state index is -4.28. The lowest BCUT2D eigenvalue weighted by Gasteiger charge is -2.17. The molecule has 134 valence electrons. The van der Waals surface area contributed by atoms with Gasteiger partial charge in [-0.2, -0.15) is 4.72 Å². The molecule has 0 aliphatic heterocycles. The van der Waals surface area contributed by atoms with Gasteiger partial charge in [0, 0.05) is 11.4 Å². The minimum absolute atomic E-state index is 0.0364. The van der Waals surface area contributed by atoms with Crippen molar-refractivity contribution >= 4 is 33.6 Å².